The highest BCUT2D eigenvalue weighted by atomic mass is 16.3. The minimum absolute atomic E-state index is 0.211. The molecule has 5 rings (SSSR count). The van der Waals surface area contributed by atoms with Gasteiger partial charge >= 0.3 is 0 Å². The molecule has 1 aromatic heterocycles. The van der Waals surface area contributed by atoms with Crippen LogP contribution in [0.2, 0.25) is 0 Å². The number of carbonyl (C=O) groups excluding carboxylic acids is 1. The van der Waals surface area contributed by atoms with Crippen LogP contribution in [0, 0.1) is 0 Å². The van der Waals surface area contributed by atoms with Crippen LogP contribution in [-0.4, -0.2) is 88.9 Å². The number of amides is 1. The molecule has 0 radical (unpaired) electrons. The van der Waals surface area contributed by atoms with Crippen molar-refractivity contribution in [1.29, 1.82) is 0 Å². The van der Waals surface area contributed by atoms with Crippen molar-refractivity contribution in [3.8, 4) is 0 Å². The van der Waals surface area contributed by atoms with Crippen LogP contribution < -0.4 is 20.9 Å². The summed E-state index contributed by atoms with van der Waals surface area (Å²) < 4.78 is 0. The van der Waals surface area contributed by atoms with Crippen LogP contribution in [0.25, 0.3) is 0 Å². The van der Waals surface area contributed by atoms with E-state index in [0.717, 1.165) is 50.7 Å². The van der Waals surface area contributed by atoms with Crippen molar-refractivity contribution >= 4 is 17.7 Å². The maximum atomic E-state index is 12.9. The number of hydrogen-bond donors (Lipinski definition) is 4. The van der Waals surface area contributed by atoms with E-state index in [1.54, 1.807) is 0 Å². The zero-order valence-corrected chi connectivity index (χ0v) is 23.2. The second kappa shape index (κ2) is 13.4. The first-order valence-electron chi connectivity index (χ1n) is 15.4. The SMILES string of the molecule is O=C(NCCC1C(Nc2nccc(N3CCCCCC3)n2)CCCN1C1CCCCC1)C1(O)CCNCC1. The lowest BCUT2D eigenvalue weighted by Gasteiger charge is -2.47. The van der Waals surface area contributed by atoms with E-state index in [9.17, 15) is 9.90 Å². The number of carbonyl (C=O) groups is 1. The van der Waals surface area contributed by atoms with Gasteiger partial charge in [0.1, 0.15) is 11.4 Å². The molecule has 2 unspecified atom stereocenters. The number of piperidine rings is 2. The molecule has 3 saturated heterocycles. The van der Waals surface area contributed by atoms with Gasteiger partial charge in [0.2, 0.25) is 5.95 Å². The molecule has 1 aromatic rings. The molecule has 0 spiro atoms. The minimum atomic E-state index is -1.24. The van der Waals surface area contributed by atoms with Crippen molar-refractivity contribution in [2.75, 3.05) is 49.5 Å². The van der Waals surface area contributed by atoms with E-state index >= 15 is 0 Å². The van der Waals surface area contributed by atoms with Crippen LogP contribution in [-0.2, 0) is 4.79 Å². The Labute approximate surface area is 228 Å². The fourth-order valence-corrected chi connectivity index (χ4v) is 7.11. The van der Waals surface area contributed by atoms with Gasteiger partial charge in [-0.15, -0.1) is 0 Å². The number of anilines is 2. The maximum Gasteiger partial charge on any atom is 0.252 e. The third-order valence-corrected chi connectivity index (χ3v) is 9.33. The third kappa shape index (κ3) is 6.96. The molecule has 9 heteroatoms. The van der Waals surface area contributed by atoms with Gasteiger partial charge in [-0.2, -0.15) is 4.98 Å². The average Bonchev–Trinajstić information content (AvgIpc) is 3.25. The van der Waals surface area contributed by atoms with Crippen molar-refractivity contribution in [2.24, 2.45) is 0 Å². The van der Waals surface area contributed by atoms with Crippen molar-refractivity contribution in [3.05, 3.63) is 12.3 Å². The lowest BCUT2D eigenvalue weighted by Crippen LogP contribution is -2.57. The smallest absolute Gasteiger partial charge is 0.252 e. The van der Waals surface area contributed by atoms with Gasteiger partial charge in [-0.05, 0) is 83.5 Å². The lowest BCUT2D eigenvalue weighted by molar-refractivity contribution is -0.142. The van der Waals surface area contributed by atoms with Crippen LogP contribution in [0.15, 0.2) is 12.3 Å². The van der Waals surface area contributed by atoms with Gasteiger partial charge in [-0.1, -0.05) is 32.1 Å². The Morgan fingerprint density at radius 1 is 1.00 bits per heavy atom. The van der Waals surface area contributed by atoms with Crippen molar-refractivity contribution in [3.63, 3.8) is 0 Å². The van der Waals surface area contributed by atoms with E-state index in [1.165, 1.54) is 57.8 Å². The monoisotopic (exact) mass is 527 g/mol. The number of aliphatic hydroxyl groups is 1. The van der Waals surface area contributed by atoms with Crippen LogP contribution in [0.1, 0.15) is 89.9 Å². The van der Waals surface area contributed by atoms with Gasteiger partial charge in [0.25, 0.3) is 5.91 Å². The third-order valence-electron chi connectivity index (χ3n) is 9.33. The maximum absolute atomic E-state index is 12.9. The van der Waals surface area contributed by atoms with Crippen molar-refractivity contribution in [1.82, 2.24) is 25.5 Å². The molecule has 212 valence electrons. The fourth-order valence-electron chi connectivity index (χ4n) is 7.11. The highest BCUT2D eigenvalue weighted by Crippen LogP contribution is 2.31. The molecule has 1 saturated carbocycles. The predicted octanol–water partition coefficient (Wildman–Crippen LogP) is 3.06. The van der Waals surface area contributed by atoms with E-state index in [1.807, 2.05) is 12.3 Å². The van der Waals surface area contributed by atoms with Crippen LogP contribution >= 0.6 is 0 Å². The largest absolute Gasteiger partial charge is 0.380 e. The molecule has 2 atom stereocenters. The highest BCUT2D eigenvalue weighted by molar-refractivity contribution is 5.85. The van der Waals surface area contributed by atoms with Gasteiger partial charge in [0.15, 0.2) is 0 Å². The van der Waals surface area contributed by atoms with E-state index in [2.05, 4.69) is 30.7 Å². The molecular formula is C29H49N7O2. The van der Waals surface area contributed by atoms with Gasteiger partial charge in [-0.3, -0.25) is 9.69 Å². The number of hydrogen-bond acceptors (Lipinski definition) is 8. The molecular weight excluding hydrogens is 478 g/mol. The summed E-state index contributed by atoms with van der Waals surface area (Å²) in [6, 6.07) is 3.21. The summed E-state index contributed by atoms with van der Waals surface area (Å²) in [5.74, 6) is 1.54. The topological polar surface area (TPSA) is 106 Å². The van der Waals surface area contributed by atoms with Crippen molar-refractivity contribution in [2.45, 2.75) is 114 Å². The predicted molar refractivity (Wildman–Crippen MR) is 151 cm³/mol. The van der Waals surface area contributed by atoms with Crippen molar-refractivity contribution < 1.29 is 9.90 Å². The zero-order chi connectivity index (χ0) is 26.2. The van der Waals surface area contributed by atoms with Gasteiger partial charge in [0.05, 0.1) is 0 Å². The normalized spacial score (nSPS) is 27.4. The minimum Gasteiger partial charge on any atom is -0.380 e. The first kappa shape index (κ1) is 27.6. The lowest BCUT2D eigenvalue weighted by atomic mass is 9.87. The summed E-state index contributed by atoms with van der Waals surface area (Å²) in [4.78, 5) is 27.6. The molecule has 3 aliphatic heterocycles. The summed E-state index contributed by atoms with van der Waals surface area (Å²) in [5.41, 5.74) is -1.24. The van der Waals surface area contributed by atoms with Crippen LogP contribution in [0.4, 0.5) is 11.8 Å². The fraction of sp³-hybridized carbons (Fsp3) is 0.828. The van der Waals surface area contributed by atoms with Gasteiger partial charge in [-0.25, -0.2) is 4.98 Å². The Bertz CT molecular complexity index is 879. The summed E-state index contributed by atoms with van der Waals surface area (Å²) in [7, 11) is 0. The average molecular weight is 528 g/mol. The second-order valence-corrected chi connectivity index (χ2v) is 12.0. The molecule has 1 aliphatic carbocycles. The first-order valence-corrected chi connectivity index (χ1v) is 15.4. The zero-order valence-electron chi connectivity index (χ0n) is 23.2. The number of likely N-dealkylation sites (tertiary alicyclic amines) is 1. The number of aromatic nitrogens is 2. The van der Waals surface area contributed by atoms with Gasteiger partial charge < -0.3 is 26.0 Å². The van der Waals surface area contributed by atoms with Gasteiger partial charge in [0, 0.05) is 44.0 Å². The quantitative estimate of drug-likeness (QED) is 0.409. The van der Waals surface area contributed by atoms with Crippen LogP contribution in [0.5, 0.6) is 0 Å². The molecule has 38 heavy (non-hydrogen) atoms. The summed E-state index contributed by atoms with van der Waals surface area (Å²) in [6.45, 7) is 5.20. The molecule has 4 heterocycles. The summed E-state index contributed by atoms with van der Waals surface area (Å²) in [6.07, 6.45) is 17.5. The molecule has 4 aliphatic rings. The molecule has 1 amide bonds. The molecule has 0 bridgehead atoms. The van der Waals surface area contributed by atoms with E-state index in [-0.39, 0.29) is 11.9 Å². The van der Waals surface area contributed by atoms with E-state index < -0.39 is 5.60 Å². The Balaban J connectivity index is 1.26. The summed E-state index contributed by atoms with van der Waals surface area (Å²) >= 11 is 0. The van der Waals surface area contributed by atoms with Crippen LogP contribution in [0.3, 0.4) is 0 Å². The first-order chi connectivity index (χ1) is 18.6. The molecule has 4 N–H and O–H groups in total. The van der Waals surface area contributed by atoms with E-state index in [4.69, 9.17) is 4.98 Å². The number of nitrogens with zero attached hydrogens (tertiary/aromatic N) is 4. The Morgan fingerprint density at radius 2 is 1.74 bits per heavy atom. The number of nitrogens with one attached hydrogen (secondary N) is 3. The molecule has 0 aromatic carbocycles. The Morgan fingerprint density at radius 3 is 2.50 bits per heavy atom. The van der Waals surface area contributed by atoms with E-state index in [0.29, 0.717) is 44.6 Å². The Hall–Kier alpha value is -1.97. The Kier molecular flexibility index (Phi) is 9.73. The summed E-state index contributed by atoms with van der Waals surface area (Å²) in [5, 5.41) is 20.9. The molecule has 9 nitrogen and oxygen atoms in total. The number of rotatable bonds is 8. The standard InChI is InChI=1S/C29H49N7O2/c37-27(29(38)14-18-30-19-15-29)31-16-12-25-24(11-8-22-36(25)23-9-4-3-5-10-23)33-28-32-17-13-26(34-28)35-20-6-1-2-7-21-35/h13,17,23-25,30,38H,1-12,14-16,18-22H2,(H,31,37)(H,32,33,34). The highest BCUT2D eigenvalue weighted by Gasteiger charge is 2.39. The second-order valence-electron chi connectivity index (χ2n) is 12.0. The molecule has 4 fully saturated rings.